The first kappa shape index (κ1) is 15.0. The first-order valence-electron chi connectivity index (χ1n) is 7.73. The normalized spacial score (nSPS) is 30.3. The maximum Gasteiger partial charge on any atom is 0.150 e. The van der Waals surface area contributed by atoms with E-state index in [9.17, 15) is 8.42 Å². The van der Waals surface area contributed by atoms with Crippen LogP contribution in [-0.2, 0) is 16.3 Å². The average Bonchev–Trinajstić information content (AvgIpc) is 2.44. The predicted octanol–water partition coefficient (Wildman–Crippen LogP) is 1.76. The van der Waals surface area contributed by atoms with Crippen molar-refractivity contribution in [2.45, 2.75) is 49.3 Å². The van der Waals surface area contributed by atoms with E-state index in [2.05, 4.69) is 29.7 Å². The summed E-state index contributed by atoms with van der Waals surface area (Å²) < 4.78 is 23.7. The Morgan fingerprint density at radius 2 is 2.05 bits per heavy atom. The molecule has 116 valence electrons. The Morgan fingerprint density at radius 3 is 2.71 bits per heavy atom. The van der Waals surface area contributed by atoms with E-state index >= 15 is 0 Å². The average molecular weight is 308 g/mol. The number of nitrogens with one attached hydrogen (secondary N) is 1. The predicted molar refractivity (Wildman–Crippen MR) is 84.6 cm³/mol. The second kappa shape index (κ2) is 5.71. The number of rotatable bonds is 4. The number of benzene rings is 1. The minimum Gasteiger partial charge on any atom is -0.271 e. The summed E-state index contributed by atoms with van der Waals surface area (Å²) in [5, 5.41) is -0.192. The smallest absolute Gasteiger partial charge is 0.150 e. The summed E-state index contributed by atoms with van der Waals surface area (Å²) in [6, 6.07) is 8.66. The molecule has 2 aliphatic rings. The molecule has 0 heterocycles. The number of hydrogen-bond donors (Lipinski definition) is 2. The zero-order valence-corrected chi connectivity index (χ0v) is 13.3. The van der Waals surface area contributed by atoms with Crippen LogP contribution in [-0.4, -0.2) is 26.0 Å². The van der Waals surface area contributed by atoms with E-state index in [0.29, 0.717) is 11.8 Å². The molecule has 0 aromatic heterocycles. The van der Waals surface area contributed by atoms with E-state index in [1.54, 1.807) is 0 Å². The first-order chi connectivity index (χ1) is 10.0. The molecule has 0 aliphatic heterocycles. The van der Waals surface area contributed by atoms with E-state index in [-0.39, 0.29) is 11.3 Å². The molecule has 1 fully saturated rings. The number of nitrogens with two attached hydrogens (primary N) is 1. The third-order valence-electron chi connectivity index (χ3n) is 5.30. The van der Waals surface area contributed by atoms with Crippen molar-refractivity contribution < 1.29 is 8.42 Å². The van der Waals surface area contributed by atoms with Crippen molar-refractivity contribution in [3.63, 3.8) is 0 Å². The van der Waals surface area contributed by atoms with Crippen LogP contribution in [0.5, 0.6) is 0 Å². The number of fused-ring (bicyclic) bond motifs is 1. The van der Waals surface area contributed by atoms with Crippen molar-refractivity contribution in [3.8, 4) is 0 Å². The Bertz CT molecular complexity index is 614. The summed E-state index contributed by atoms with van der Waals surface area (Å²) in [5.74, 6) is 6.60. The molecule has 0 bridgehead atoms. The lowest BCUT2D eigenvalue weighted by Crippen LogP contribution is -2.50. The molecule has 1 aromatic carbocycles. The number of hydrogen-bond acceptors (Lipinski definition) is 4. The minimum absolute atomic E-state index is 0.185. The van der Waals surface area contributed by atoms with Gasteiger partial charge in [-0.1, -0.05) is 30.7 Å². The van der Waals surface area contributed by atoms with Gasteiger partial charge in [0.1, 0.15) is 9.84 Å². The molecule has 4 atom stereocenters. The second-order valence-electron chi connectivity index (χ2n) is 6.58. The highest BCUT2D eigenvalue weighted by Gasteiger charge is 2.40. The van der Waals surface area contributed by atoms with Gasteiger partial charge in [-0.3, -0.25) is 11.3 Å². The maximum atomic E-state index is 11.8. The molecule has 0 spiro atoms. The zero-order chi connectivity index (χ0) is 15.0. The van der Waals surface area contributed by atoms with E-state index in [1.807, 2.05) is 0 Å². The molecular weight excluding hydrogens is 284 g/mol. The van der Waals surface area contributed by atoms with Crippen molar-refractivity contribution in [1.29, 1.82) is 0 Å². The summed E-state index contributed by atoms with van der Waals surface area (Å²) in [4.78, 5) is 0. The zero-order valence-electron chi connectivity index (χ0n) is 12.5. The van der Waals surface area contributed by atoms with Gasteiger partial charge in [-0.25, -0.2) is 8.42 Å². The van der Waals surface area contributed by atoms with Gasteiger partial charge in [0.2, 0.25) is 0 Å². The second-order valence-corrected chi connectivity index (χ2v) is 8.91. The van der Waals surface area contributed by atoms with Crippen LogP contribution in [0.4, 0.5) is 0 Å². The number of hydrazine groups is 1. The van der Waals surface area contributed by atoms with Gasteiger partial charge in [-0.05, 0) is 42.7 Å². The quantitative estimate of drug-likeness (QED) is 0.657. The van der Waals surface area contributed by atoms with Gasteiger partial charge in [0.15, 0.2) is 0 Å². The van der Waals surface area contributed by atoms with E-state index < -0.39 is 9.84 Å². The minimum atomic E-state index is -2.94. The van der Waals surface area contributed by atoms with Gasteiger partial charge in [0, 0.05) is 18.2 Å². The van der Waals surface area contributed by atoms with E-state index in [1.165, 1.54) is 17.4 Å². The fourth-order valence-corrected chi connectivity index (χ4v) is 5.29. The van der Waals surface area contributed by atoms with Crippen LogP contribution >= 0.6 is 0 Å². The van der Waals surface area contributed by atoms with Crippen LogP contribution in [0, 0.1) is 5.92 Å². The highest BCUT2D eigenvalue weighted by molar-refractivity contribution is 7.91. The molecule has 4 unspecified atom stereocenters. The molecule has 0 radical (unpaired) electrons. The molecule has 1 saturated carbocycles. The third kappa shape index (κ3) is 2.87. The van der Waals surface area contributed by atoms with Crippen LogP contribution in [0.25, 0.3) is 0 Å². The van der Waals surface area contributed by atoms with Crippen LogP contribution in [0.15, 0.2) is 24.3 Å². The fraction of sp³-hybridized carbons (Fsp3) is 0.625. The van der Waals surface area contributed by atoms with Gasteiger partial charge in [-0.15, -0.1) is 0 Å². The molecule has 3 N–H and O–H groups in total. The monoisotopic (exact) mass is 308 g/mol. The standard InChI is InChI=1S/C16H24N2O2S/c1-21(19,20)13-7-4-6-12(9-13)16(18-17)15-10-11-5-2-3-8-14(11)15/h2-3,5,8,12-13,15-16,18H,4,6-7,9-10,17H2,1H3. The highest BCUT2D eigenvalue weighted by Crippen LogP contribution is 2.42. The highest BCUT2D eigenvalue weighted by atomic mass is 32.2. The lowest BCUT2D eigenvalue weighted by atomic mass is 9.68. The topological polar surface area (TPSA) is 72.2 Å². The molecule has 4 nitrogen and oxygen atoms in total. The maximum absolute atomic E-state index is 11.8. The van der Waals surface area contributed by atoms with Gasteiger partial charge in [-0.2, -0.15) is 0 Å². The summed E-state index contributed by atoms with van der Waals surface area (Å²) in [6.45, 7) is 0. The Balaban J connectivity index is 1.76. The van der Waals surface area contributed by atoms with Crippen molar-refractivity contribution >= 4 is 9.84 Å². The molecule has 1 aromatic rings. The first-order valence-corrected chi connectivity index (χ1v) is 9.69. The van der Waals surface area contributed by atoms with E-state index in [4.69, 9.17) is 5.84 Å². The summed E-state index contributed by atoms with van der Waals surface area (Å²) in [5.41, 5.74) is 5.77. The molecule has 2 aliphatic carbocycles. The van der Waals surface area contributed by atoms with E-state index in [0.717, 1.165) is 32.1 Å². The lowest BCUT2D eigenvalue weighted by molar-refractivity contribution is 0.231. The Hall–Kier alpha value is -0.910. The summed E-state index contributed by atoms with van der Waals surface area (Å²) in [7, 11) is -2.94. The summed E-state index contributed by atoms with van der Waals surface area (Å²) in [6.07, 6.45) is 6.00. The third-order valence-corrected chi connectivity index (χ3v) is 6.94. The molecule has 21 heavy (non-hydrogen) atoms. The van der Waals surface area contributed by atoms with Crippen LogP contribution in [0.1, 0.15) is 42.7 Å². The SMILES string of the molecule is CS(=O)(=O)C1CCCC(C(NN)C2Cc3ccccc32)C1. The Kier molecular flexibility index (Phi) is 4.08. The van der Waals surface area contributed by atoms with Crippen molar-refractivity contribution in [3.05, 3.63) is 35.4 Å². The Morgan fingerprint density at radius 1 is 1.29 bits per heavy atom. The van der Waals surface area contributed by atoms with Crippen LogP contribution in [0.2, 0.25) is 0 Å². The van der Waals surface area contributed by atoms with Crippen LogP contribution < -0.4 is 11.3 Å². The fourth-order valence-electron chi connectivity index (χ4n) is 4.09. The molecule has 5 heteroatoms. The van der Waals surface area contributed by atoms with Gasteiger partial charge >= 0.3 is 0 Å². The van der Waals surface area contributed by atoms with Gasteiger partial charge in [0.25, 0.3) is 0 Å². The van der Waals surface area contributed by atoms with Crippen molar-refractivity contribution in [1.82, 2.24) is 5.43 Å². The Labute approximate surface area is 127 Å². The van der Waals surface area contributed by atoms with Gasteiger partial charge in [0.05, 0.1) is 5.25 Å². The van der Waals surface area contributed by atoms with Gasteiger partial charge < -0.3 is 0 Å². The number of sulfone groups is 1. The molecule has 3 rings (SSSR count). The molecular formula is C16H24N2O2S. The van der Waals surface area contributed by atoms with Crippen molar-refractivity contribution in [2.24, 2.45) is 11.8 Å². The summed E-state index contributed by atoms with van der Waals surface area (Å²) >= 11 is 0. The molecule has 0 saturated heterocycles. The molecule has 0 amide bonds. The lowest BCUT2D eigenvalue weighted by Gasteiger charge is -2.42. The largest absolute Gasteiger partial charge is 0.271 e. The van der Waals surface area contributed by atoms with Crippen LogP contribution in [0.3, 0.4) is 0 Å². The van der Waals surface area contributed by atoms with Crippen molar-refractivity contribution in [2.75, 3.05) is 6.26 Å².